The molecule has 1 aromatic carbocycles. The Morgan fingerprint density at radius 3 is 2.65 bits per heavy atom. The molecule has 5 nitrogen and oxygen atoms in total. The predicted molar refractivity (Wildman–Crippen MR) is 75.4 cm³/mol. The Labute approximate surface area is 114 Å². The van der Waals surface area contributed by atoms with E-state index in [1.807, 2.05) is 6.07 Å². The number of hydrogen-bond acceptors (Lipinski definition) is 3. The summed E-state index contributed by atoms with van der Waals surface area (Å²) in [6, 6.07) is 10.8. The van der Waals surface area contributed by atoms with Gasteiger partial charge in [-0.1, -0.05) is 5.92 Å². The van der Waals surface area contributed by atoms with Gasteiger partial charge in [0.25, 0.3) is 0 Å². The van der Waals surface area contributed by atoms with Crippen LogP contribution in [0.4, 0.5) is 0 Å². The van der Waals surface area contributed by atoms with Gasteiger partial charge in [-0.25, -0.2) is 14.5 Å². The minimum absolute atomic E-state index is 0.308. The molecule has 0 saturated heterocycles. The average molecular weight is 262 g/mol. The highest BCUT2D eigenvalue weighted by Gasteiger charge is 2.12. The molecule has 0 unspecified atom stereocenters. The third-order valence-corrected chi connectivity index (χ3v) is 2.88. The van der Waals surface area contributed by atoms with E-state index in [2.05, 4.69) is 21.1 Å². The van der Waals surface area contributed by atoms with E-state index < -0.39 is 0 Å². The second kappa shape index (κ2) is 4.86. The average Bonchev–Trinajstić information content (AvgIpc) is 2.90. The van der Waals surface area contributed by atoms with Gasteiger partial charge in [0.1, 0.15) is 0 Å². The van der Waals surface area contributed by atoms with E-state index in [-0.39, 0.29) is 5.69 Å². The number of aromatic nitrogens is 4. The minimum atomic E-state index is -0.308. The van der Waals surface area contributed by atoms with E-state index in [1.54, 1.807) is 42.7 Å². The van der Waals surface area contributed by atoms with Crippen molar-refractivity contribution in [2.75, 3.05) is 0 Å². The molecule has 0 spiro atoms. The predicted octanol–water partition coefficient (Wildman–Crippen LogP) is 1.60. The van der Waals surface area contributed by atoms with Crippen LogP contribution in [0.2, 0.25) is 0 Å². The molecular weight excluding hydrogens is 252 g/mol. The first kappa shape index (κ1) is 11.9. The third-order valence-electron chi connectivity index (χ3n) is 2.88. The minimum Gasteiger partial charge on any atom is -0.264 e. The monoisotopic (exact) mass is 262 g/mol. The summed E-state index contributed by atoms with van der Waals surface area (Å²) in [4.78, 5) is 16.0. The molecule has 0 saturated carbocycles. The van der Waals surface area contributed by atoms with Crippen molar-refractivity contribution in [2.24, 2.45) is 0 Å². The van der Waals surface area contributed by atoms with Crippen LogP contribution in [0.5, 0.6) is 0 Å². The number of aromatic amines is 1. The van der Waals surface area contributed by atoms with Gasteiger partial charge in [-0.15, -0.1) is 6.42 Å². The maximum absolute atomic E-state index is 12.0. The molecule has 0 aliphatic carbocycles. The van der Waals surface area contributed by atoms with Crippen LogP contribution < -0.4 is 5.69 Å². The molecule has 2 heterocycles. The van der Waals surface area contributed by atoms with Gasteiger partial charge in [0.05, 0.1) is 5.69 Å². The number of hydrogen-bond donors (Lipinski definition) is 1. The van der Waals surface area contributed by atoms with Gasteiger partial charge < -0.3 is 0 Å². The smallest absolute Gasteiger partial charge is 0.264 e. The fourth-order valence-corrected chi connectivity index (χ4v) is 1.93. The maximum atomic E-state index is 12.0. The van der Waals surface area contributed by atoms with E-state index in [9.17, 15) is 4.79 Å². The van der Waals surface area contributed by atoms with Crippen LogP contribution in [0, 0.1) is 12.3 Å². The zero-order chi connectivity index (χ0) is 13.9. The summed E-state index contributed by atoms with van der Waals surface area (Å²) < 4.78 is 1.48. The molecular formula is C15H10N4O. The molecule has 3 rings (SSSR count). The lowest BCUT2D eigenvalue weighted by Gasteiger charge is -2.05. The van der Waals surface area contributed by atoms with Crippen LogP contribution in [-0.2, 0) is 0 Å². The van der Waals surface area contributed by atoms with Crippen molar-refractivity contribution in [1.29, 1.82) is 0 Å². The number of pyridine rings is 1. The Hall–Kier alpha value is -3.13. The largest absolute Gasteiger partial charge is 0.348 e. The zero-order valence-electron chi connectivity index (χ0n) is 10.4. The summed E-state index contributed by atoms with van der Waals surface area (Å²) in [5.74, 6) is 3.05. The van der Waals surface area contributed by atoms with E-state index in [1.165, 1.54) is 4.57 Å². The Morgan fingerprint density at radius 1 is 1.20 bits per heavy atom. The Kier molecular flexibility index (Phi) is 2.90. The Morgan fingerprint density at radius 2 is 2.00 bits per heavy atom. The first-order valence-corrected chi connectivity index (χ1v) is 5.94. The lowest BCUT2D eigenvalue weighted by atomic mass is 10.2. The van der Waals surface area contributed by atoms with Crippen LogP contribution >= 0.6 is 0 Å². The lowest BCUT2D eigenvalue weighted by Crippen LogP contribution is -2.15. The number of terminal acetylenes is 1. The highest BCUT2D eigenvalue weighted by molar-refractivity contribution is 5.57. The fraction of sp³-hybridized carbons (Fsp3) is 0. The van der Waals surface area contributed by atoms with Crippen LogP contribution in [-0.4, -0.2) is 19.7 Å². The van der Waals surface area contributed by atoms with Gasteiger partial charge in [0.2, 0.25) is 0 Å². The van der Waals surface area contributed by atoms with Crippen LogP contribution in [0.1, 0.15) is 5.56 Å². The van der Waals surface area contributed by atoms with Crippen molar-refractivity contribution in [1.82, 2.24) is 19.7 Å². The van der Waals surface area contributed by atoms with Crippen molar-refractivity contribution < 1.29 is 0 Å². The number of rotatable bonds is 2. The topological polar surface area (TPSA) is 63.6 Å². The number of nitrogens with zero attached hydrogens (tertiary/aromatic N) is 3. The van der Waals surface area contributed by atoms with Gasteiger partial charge in [-0.05, 0) is 36.4 Å². The molecule has 0 radical (unpaired) electrons. The highest BCUT2D eigenvalue weighted by atomic mass is 16.1. The zero-order valence-corrected chi connectivity index (χ0v) is 10.4. The van der Waals surface area contributed by atoms with E-state index in [0.717, 1.165) is 11.1 Å². The van der Waals surface area contributed by atoms with Crippen molar-refractivity contribution in [3.8, 4) is 29.4 Å². The summed E-state index contributed by atoms with van der Waals surface area (Å²) in [6.07, 6.45) is 8.65. The van der Waals surface area contributed by atoms with Crippen LogP contribution in [0.25, 0.3) is 17.1 Å². The van der Waals surface area contributed by atoms with Gasteiger partial charge >= 0.3 is 5.69 Å². The van der Waals surface area contributed by atoms with Crippen molar-refractivity contribution in [2.45, 2.75) is 0 Å². The molecule has 0 fully saturated rings. The fourth-order valence-electron chi connectivity index (χ4n) is 1.93. The van der Waals surface area contributed by atoms with Crippen molar-refractivity contribution in [3.63, 3.8) is 0 Å². The van der Waals surface area contributed by atoms with E-state index in [0.29, 0.717) is 11.5 Å². The van der Waals surface area contributed by atoms with Crippen molar-refractivity contribution in [3.05, 3.63) is 64.8 Å². The molecule has 0 aliphatic heterocycles. The molecule has 3 aromatic rings. The quantitative estimate of drug-likeness (QED) is 0.713. The number of nitrogens with one attached hydrogen (secondary N) is 1. The second-order valence-electron chi connectivity index (χ2n) is 4.12. The summed E-state index contributed by atoms with van der Waals surface area (Å²) in [6.45, 7) is 0. The molecule has 2 aromatic heterocycles. The molecule has 0 amide bonds. The van der Waals surface area contributed by atoms with E-state index >= 15 is 0 Å². The van der Waals surface area contributed by atoms with E-state index in [4.69, 9.17) is 6.42 Å². The van der Waals surface area contributed by atoms with Gasteiger partial charge in [-0.2, -0.15) is 5.10 Å². The summed E-state index contributed by atoms with van der Waals surface area (Å²) in [5.41, 5.74) is 1.90. The summed E-state index contributed by atoms with van der Waals surface area (Å²) in [7, 11) is 0. The molecule has 5 heteroatoms. The maximum Gasteiger partial charge on any atom is 0.348 e. The molecule has 1 N–H and O–H groups in total. The molecule has 20 heavy (non-hydrogen) atoms. The van der Waals surface area contributed by atoms with Crippen molar-refractivity contribution >= 4 is 0 Å². The van der Waals surface area contributed by atoms with Crippen LogP contribution in [0.3, 0.4) is 0 Å². The van der Waals surface area contributed by atoms with Gasteiger partial charge in [-0.3, -0.25) is 4.98 Å². The third kappa shape index (κ3) is 1.99. The first-order valence-electron chi connectivity index (χ1n) is 5.94. The number of benzene rings is 1. The summed E-state index contributed by atoms with van der Waals surface area (Å²) >= 11 is 0. The van der Waals surface area contributed by atoms with Gasteiger partial charge in [0, 0.05) is 23.5 Å². The normalized spacial score (nSPS) is 10.2. The Bertz CT molecular complexity index is 823. The molecule has 0 bridgehead atoms. The number of H-pyrrole nitrogens is 1. The molecule has 0 aliphatic rings. The standard InChI is InChI=1S/C15H10N4O/c1-2-11-5-7-13(8-6-11)19-14(17-18-15(19)20)12-4-3-9-16-10-12/h1,3-10H,(H,18,20). The SMILES string of the molecule is C#Cc1ccc(-n2c(-c3cccnc3)n[nH]c2=O)cc1. The second-order valence-corrected chi connectivity index (χ2v) is 4.12. The van der Waals surface area contributed by atoms with Crippen LogP contribution in [0.15, 0.2) is 53.6 Å². The summed E-state index contributed by atoms with van der Waals surface area (Å²) in [5, 5.41) is 6.50. The first-order chi connectivity index (χ1) is 9.79. The van der Waals surface area contributed by atoms with Gasteiger partial charge in [0.15, 0.2) is 5.82 Å². The lowest BCUT2D eigenvalue weighted by molar-refractivity contribution is 0.985. The molecule has 96 valence electrons. The highest BCUT2D eigenvalue weighted by Crippen LogP contribution is 2.17. The Balaban J connectivity index is 2.17. The molecule has 0 atom stereocenters.